The molecule has 1 aromatic rings. The van der Waals surface area contributed by atoms with Gasteiger partial charge in [0, 0.05) is 38.5 Å². The van der Waals surface area contributed by atoms with Crippen molar-refractivity contribution < 1.29 is 4.74 Å². The number of fused-ring (bicyclic) bond motifs is 1. The number of nitrogens with one attached hydrogen (secondary N) is 1. The smallest absolute Gasteiger partial charge is 0.0595 e. The third kappa shape index (κ3) is 2.93. The van der Waals surface area contributed by atoms with Crippen LogP contribution in [0, 0.1) is 0 Å². The number of methoxy groups -OCH3 is 1. The molecule has 0 radical (unpaired) electrons. The molecule has 3 nitrogen and oxygen atoms in total. The number of para-hydroxylation sites is 1. The molecule has 2 heterocycles. The minimum atomic E-state index is 0.479. The van der Waals surface area contributed by atoms with Gasteiger partial charge in [-0.2, -0.15) is 0 Å². The number of likely N-dealkylation sites (tertiary alicyclic amines) is 1. The number of benzene rings is 1. The van der Waals surface area contributed by atoms with E-state index in [1.807, 2.05) is 7.11 Å². The maximum absolute atomic E-state index is 5.46. The van der Waals surface area contributed by atoms with Crippen LogP contribution in [-0.2, 0) is 11.2 Å². The maximum atomic E-state index is 5.46. The predicted octanol–water partition coefficient (Wildman–Crippen LogP) is 2.52. The van der Waals surface area contributed by atoms with E-state index in [2.05, 4.69) is 34.5 Å². The van der Waals surface area contributed by atoms with E-state index in [-0.39, 0.29) is 0 Å². The lowest BCUT2D eigenvalue weighted by atomic mass is 10.0. The molecule has 3 rings (SSSR count). The summed E-state index contributed by atoms with van der Waals surface area (Å²) in [6.45, 7) is 3.44. The Balaban J connectivity index is 1.60. The highest BCUT2D eigenvalue weighted by atomic mass is 16.5. The molecule has 0 amide bonds. The molecule has 1 aromatic carbocycles. The Morgan fingerprint density at radius 1 is 1.16 bits per heavy atom. The van der Waals surface area contributed by atoms with Crippen molar-refractivity contribution in [2.45, 2.75) is 37.8 Å². The highest BCUT2D eigenvalue weighted by Crippen LogP contribution is 2.24. The monoisotopic (exact) mass is 260 g/mol. The summed E-state index contributed by atoms with van der Waals surface area (Å²) in [5.41, 5.74) is 2.80. The first-order chi connectivity index (χ1) is 9.36. The highest BCUT2D eigenvalue weighted by Gasteiger charge is 2.26. The van der Waals surface area contributed by atoms with E-state index in [1.54, 1.807) is 0 Å². The zero-order valence-corrected chi connectivity index (χ0v) is 11.8. The minimum Gasteiger partial charge on any atom is -0.383 e. The summed E-state index contributed by atoms with van der Waals surface area (Å²) in [5, 5.41) is 3.62. The number of ether oxygens (including phenoxy) is 1. The summed E-state index contributed by atoms with van der Waals surface area (Å²) in [4.78, 5) is 2.65. The molecule has 1 unspecified atom stereocenters. The first-order valence-corrected chi connectivity index (χ1v) is 7.45. The summed E-state index contributed by atoms with van der Waals surface area (Å²) in [6, 6.07) is 9.39. The van der Waals surface area contributed by atoms with Crippen LogP contribution in [0.4, 0.5) is 5.69 Å². The molecule has 1 N–H and O–H groups in total. The zero-order valence-electron chi connectivity index (χ0n) is 11.8. The van der Waals surface area contributed by atoms with Gasteiger partial charge in [-0.3, -0.25) is 4.90 Å². The van der Waals surface area contributed by atoms with Crippen LogP contribution in [0.15, 0.2) is 24.3 Å². The van der Waals surface area contributed by atoms with Crippen LogP contribution < -0.4 is 5.32 Å². The van der Waals surface area contributed by atoms with E-state index < -0.39 is 0 Å². The van der Waals surface area contributed by atoms with Gasteiger partial charge in [-0.1, -0.05) is 18.2 Å². The van der Waals surface area contributed by atoms with Crippen molar-refractivity contribution in [2.24, 2.45) is 0 Å². The lowest BCUT2D eigenvalue weighted by molar-refractivity contribution is 0.0280. The van der Waals surface area contributed by atoms with Crippen LogP contribution in [0.2, 0.25) is 0 Å². The van der Waals surface area contributed by atoms with Crippen molar-refractivity contribution in [2.75, 3.05) is 32.1 Å². The average molecular weight is 260 g/mol. The Labute approximate surface area is 115 Å². The standard InChI is InChI=1S/C16H24N2O/c1-19-15-8-10-18(11-9-15)14-7-6-13-4-2-3-5-16(13)17-12-14/h2-5,14-15,17H,6-12H2,1H3. The van der Waals surface area contributed by atoms with Gasteiger partial charge in [-0.05, 0) is 37.3 Å². The molecule has 1 saturated heterocycles. The Morgan fingerprint density at radius 3 is 2.74 bits per heavy atom. The fourth-order valence-electron chi connectivity index (χ4n) is 3.35. The quantitative estimate of drug-likeness (QED) is 0.884. The Kier molecular flexibility index (Phi) is 4.04. The molecule has 0 saturated carbocycles. The van der Waals surface area contributed by atoms with Crippen molar-refractivity contribution in [3.63, 3.8) is 0 Å². The van der Waals surface area contributed by atoms with Crippen molar-refractivity contribution in [3.8, 4) is 0 Å². The minimum absolute atomic E-state index is 0.479. The van der Waals surface area contributed by atoms with E-state index in [0.29, 0.717) is 12.1 Å². The Morgan fingerprint density at radius 2 is 1.95 bits per heavy atom. The van der Waals surface area contributed by atoms with Gasteiger partial charge in [0.1, 0.15) is 0 Å². The summed E-state index contributed by atoms with van der Waals surface area (Å²) in [5.74, 6) is 0. The van der Waals surface area contributed by atoms with Crippen LogP contribution in [0.25, 0.3) is 0 Å². The summed E-state index contributed by atoms with van der Waals surface area (Å²) in [6.07, 6.45) is 5.30. The van der Waals surface area contributed by atoms with Gasteiger partial charge in [0.05, 0.1) is 6.10 Å². The molecule has 0 aliphatic carbocycles. The molecule has 1 atom stereocenters. The molecule has 19 heavy (non-hydrogen) atoms. The topological polar surface area (TPSA) is 24.5 Å². The normalized spacial score (nSPS) is 25.4. The van der Waals surface area contributed by atoms with Gasteiger partial charge in [0.15, 0.2) is 0 Å². The van der Waals surface area contributed by atoms with Crippen molar-refractivity contribution in [3.05, 3.63) is 29.8 Å². The number of aryl methyl sites for hydroxylation is 1. The largest absolute Gasteiger partial charge is 0.383 e. The molecule has 0 aromatic heterocycles. The van der Waals surface area contributed by atoms with Crippen molar-refractivity contribution in [1.29, 1.82) is 0 Å². The molecular weight excluding hydrogens is 236 g/mol. The third-order valence-electron chi connectivity index (χ3n) is 4.62. The third-order valence-corrected chi connectivity index (χ3v) is 4.62. The van der Waals surface area contributed by atoms with Crippen molar-refractivity contribution in [1.82, 2.24) is 4.90 Å². The maximum Gasteiger partial charge on any atom is 0.0595 e. The zero-order chi connectivity index (χ0) is 13.1. The average Bonchev–Trinajstić information content (AvgIpc) is 2.70. The van der Waals surface area contributed by atoms with Gasteiger partial charge in [-0.15, -0.1) is 0 Å². The van der Waals surface area contributed by atoms with Gasteiger partial charge < -0.3 is 10.1 Å². The van der Waals surface area contributed by atoms with Crippen LogP contribution in [0.1, 0.15) is 24.8 Å². The van der Waals surface area contributed by atoms with Crippen LogP contribution >= 0.6 is 0 Å². The molecular formula is C16H24N2O. The summed E-state index contributed by atoms with van der Waals surface area (Å²) < 4.78 is 5.46. The van der Waals surface area contributed by atoms with E-state index in [9.17, 15) is 0 Å². The van der Waals surface area contributed by atoms with Crippen molar-refractivity contribution >= 4 is 5.69 Å². The van der Waals surface area contributed by atoms with Crippen LogP contribution in [0.5, 0.6) is 0 Å². The molecule has 2 aliphatic heterocycles. The molecule has 104 valence electrons. The van der Waals surface area contributed by atoms with Gasteiger partial charge >= 0.3 is 0 Å². The molecule has 0 bridgehead atoms. The van der Waals surface area contributed by atoms with E-state index >= 15 is 0 Å². The number of hydrogen-bond donors (Lipinski definition) is 1. The second-order valence-electron chi connectivity index (χ2n) is 5.70. The first kappa shape index (κ1) is 12.9. The highest BCUT2D eigenvalue weighted by molar-refractivity contribution is 5.52. The number of nitrogens with zero attached hydrogens (tertiary/aromatic N) is 1. The van der Waals surface area contributed by atoms with E-state index in [0.717, 1.165) is 6.54 Å². The second kappa shape index (κ2) is 5.93. The number of rotatable bonds is 2. The van der Waals surface area contributed by atoms with Gasteiger partial charge in [0.25, 0.3) is 0 Å². The molecule has 0 spiro atoms. The predicted molar refractivity (Wildman–Crippen MR) is 78.6 cm³/mol. The fraction of sp³-hybridized carbons (Fsp3) is 0.625. The molecule has 3 heteroatoms. The van der Waals surface area contributed by atoms with E-state index in [4.69, 9.17) is 4.74 Å². The van der Waals surface area contributed by atoms with Gasteiger partial charge in [0.2, 0.25) is 0 Å². The van der Waals surface area contributed by atoms with Crippen LogP contribution in [0.3, 0.4) is 0 Å². The summed E-state index contributed by atoms with van der Waals surface area (Å²) >= 11 is 0. The lowest BCUT2D eigenvalue weighted by Crippen LogP contribution is -2.45. The van der Waals surface area contributed by atoms with Crippen LogP contribution in [-0.4, -0.2) is 43.8 Å². The molecule has 2 aliphatic rings. The number of anilines is 1. The molecule has 1 fully saturated rings. The fourth-order valence-corrected chi connectivity index (χ4v) is 3.35. The number of hydrogen-bond acceptors (Lipinski definition) is 3. The Hall–Kier alpha value is -1.06. The Bertz CT molecular complexity index is 386. The lowest BCUT2D eigenvalue weighted by Gasteiger charge is -2.36. The first-order valence-electron chi connectivity index (χ1n) is 7.45. The summed E-state index contributed by atoms with van der Waals surface area (Å²) in [7, 11) is 1.84. The SMILES string of the molecule is COC1CCN(C2CCc3ccccc3NC2)CC1. The number of piperidine rings is 1. The second-order valence-corrected chi connectivity index (χ2v) is 5.70. The van der Waals surface area contributed by atoms with Gasteiger partial charge in [-0.25, -0.2) is 0 Å². The van der Waals surface area contributed by atoms with E-state index in [1.165, 1.54) is 50.0 Å².